The zero-order valence-electron chi connectivity index (χ0n) is 15.9. The van der Waals surface area contributed by atoms with E-state index in [-0.39, 0.29) is 11.4 Å². The van der Waals surface area contributed by atoms with Crippen LogP contribution in [0.25, 0.3) is 0 Å². The number of halogens is 3. The molecule has 0 radical (unpaired) electrons. The molecule has 1 amide bonds. The van der Waals surface area contributed by atoms with Crippen molar-refractivity contribution in [2.75, 3.05) is 36.4 Å². The van der Waals surface area contributed by atoms with Crippen LogP contribution < -0.4 is 10.2 Å². The van der Waals surface area contributed by atoms with Gasteiger partial charge >= 0.3 is 6.18 Å². The predicted molar refractivity (Wildman–Crippen MR) is 102 cm³/mol. The van der Waals surface area contributed by atoms with E-state index in [0.29, 0.717) is 38.4 Å². The number of furan rings is 1. The molecule has 3 aromatic rings. The van der Waals surface area contributed by atoms with E-state index < -0.39 is 17.6 Å². The minimum atomic E-state index is -4.51. The Morgan fingerprint density at radius 2 is 1.97 bits per heavy atom. The van der Waals surface area contributed by atoms with Crippen molar-refractivity contribution < 1.29 is 26.8 Å². The molecule has 1 fully saturated rings. The largest absolute Gasteiger partial charge is 0.459 e. The Bertz CT molecular complexity index is 979. The minimum absolute atomic E-state index is 0.0239. The Labute approximate surface area is 170 Å². The average molecular weight is 420 g/mol. The number of aromatic nitrogens is 1. The smallest absolute Gasteiger partial charge is 0.416 e. The lowest BCUT2D eigenvalue weighted by Gasteiger charge is -2.36. The van der Waals surface area contributed by atoms with Crippen LogP contribution >= 0.6 is 0 Å². The Morgan fingerprint density at radius 3 is 2.60 bits per heavy atom. The van der Waals surface area contributed by atoms with Gasteiger partial charge < -0.3 is 19.1 Å². The van der Waals surface area contributed by atoms with Crippen molar-refractivity contribution in [3.63, 3.8) is 0 Å². The maximum atomic E-state index is 13.2. The highest BCUT2D eigenvalue weighted by atomic mass is 19.4. The molecule has 7 nitrogen and oxygen atoms in total. The van der Waals surface area contributed by atoms with Gasteiger partial charge in [-0.1, -0.05) is 0 Å². The van der Waals surface area contributed by atoms with Gasteiger partial charge in [-0.2, -0.15) is 13.2 Å². The molecule has 0 saturated carbocycles. The molecule has 1 aliphatic heterocycles. The summed E-state index contributed by atoms with van der Waals surface area (Å²) in [5.41, 5.74) is 0.621. The van der Waals surface area contributed by atoms with Gasteiger partial charge in [-0.25, -0.2) is 4.98 Å². The number of rotatable bonds is 5. The molecule has 0 spiro atoms. The highest BCUT2D eigenvalue weighted by molar-refractivity contribution is 6.04. The summed E-state index contributed by atoms with van der Waals surface area (Å²) in [6.45, 7) is 3.21. The first-order valence-electron chi connectivity index (χ1n) is 9.30. The zero-order chi connectivity index (χ0) is 21.1. The number of alkyl halides is 3. The molecule has 1 aromatic carbocycles. The summed E-state index contributed by atoms with van der Waals surface area (Å²) in [6.07, 6.45) is -0.221. The first-order chi connectivity index (χ1) is 14.4. The second-order valence-electron chi connectivity index (χ2n) is 6.90. The van der Waals surface area contributed by atoms with Crippen molar-refractivity contribution in [2.24, 2.45) is 0 Å². The molecule has 0 bridgehead atoms. The van der Waals surface area contributed by atoms with Crippen LogP contribution in [0.2, 0.25) is 0 Å². The molecule has 1 saturated heterocycles. The van der Waals surface area contributed by atoms with Crippen molar-refractivity contribution in [3.8, 4) is 0 Å². The van der Waals surface area contributed by atoms with Crippen molar-refractivity contribution in [3.05, 3.63) is 66.3 Å². The maximum Gasteiger partial charge on any atom is 0.416 e. The van der Waals surface area contributed by atoms with Crippen molar-refractivity contribution in [1.29, 1.82) is 0 Å². The van der Waals surface area contributed by atoms with E-state index >= 15 is 0 Å². The number of carbonyl (C=O) groups excluding carboxylic acids is 1. The third-order valence-electron chi connectivity index (χ3n) is 4.90. The van der Waals surface area contributed by atoms with E-state index in [0.717, 1.165) is 17.8 Å². The molecule has 4 rings (SSSR count). The van der Waals surface area contributed by atoms with Crippen LogP contribution in [0.1, 0.15) is 21.8 Å². The summed E-state index contributed by atoms with van der Waals surface area (Å²) < 4.78 is 49.7. The second-order valence-corrected chi connectivity index (χ2v) is 6.90. The molecule has 10 heteroatoms. The van der Waals surface area contributed by atoms with Gasteiger partial charge in [0, 0.05) is 32.7 Å². The fourth-order valence-corrected chi connectivity index (χ4v) is 3.37. The number of hydrogen-bond acceptors (Lipinski definition) is 6. The van der Waals surface area contributed by atoms with Crippen LogP contribution in [0, 0.1) is 0 Å². The van der Waals surface area contributed by atoms with E-state index in [4.69, 9.17) is 8.83 Å². The number of piperazine rings is 1. The maximum absolute atomic E-state index is 13.2. The van der Waals surface area contributed by atoms with Crippen molar-refractivity contribution >= 4 is 17.3 Å². The van der Waals surface area contributed by atoms with E-state index in [2.05, 4.69) is 15.2 Å². The van der Waals surface area contributed by atoms with Gasteiger partial charge in [-0.3, -0.25) is 9.69 Å². The fraction of sp³-hybridized carbons (Fsp3) is 0.300. The van der Waals surface area contributed by atoms with Crippen molar-refractivity contribution in [2.45, 2.75) is 12.7 Å². The normalized spacial score (nSPS) is 15.4. The number of carbonyl (C=O) groups is 1. The number of amides is 1. The van der Waals surface area contributed by atoms with Crippen LogP contribution in [0.5, 0.6) is 0 Å². The fourth-order valence-electron chi connectivity index (χ4n) is 3.37. The van der Waals surface area contributed by atoms with Gasteiger partial charge in [0.15, 0.2) is 12.2 Å². The third kappa shape index (κ3) is 4.48. The Balaban J connectivity index is 1.52. The molecule has 30 heavy (non-hydrogen) atoms. The molecule has 0 atom stereocenters. The molecule has 3 heterocycles. The van der Waals surface area contributed by atoms with Gasteiger partial charge in [-0.15, -0.1) is 0 Å². The quantitative estimate of drug-likeness (QED) is 0.676. The van der Waals surface area contributed by atoms with Gasteiger partial charge in [0.2, 0.25) is 0 Å². The number of hydrogen-bond donors (Lipinski definition) is 1. The number of nitrogens with zero attached hydrogens (tertiary/aromatic N) is 3. The van der Waals surface area contributed by atoms with Crippen LogP contribution in [0.15, 0.2) is 58.1 Å². The summed E-state index contributed by atoms with van der Waals surface area (Å²) in [4.78, 5) is 20.6. The highest BCUT2D eigenvalue weighted by Crippen LogP contribution is 2.36. The van der Waals surface area contributed by atoms with Crippen LogP contribution in [-0.2, 0) is 12.7 Å². The highest BCUT2D eigenvalue weighted by Gasteiger charge is 2.32. The number of nitrogens with one attached hydrogen (secondary N) is 1. The van der Waals surface area contributed by atoms with Crippen LogP contribution in [-0.4, -0.2) is 42.0 Å². The predicted octanol–water partition coefficient (Wildman–Crippen LogP) is 3.86. The first-order valence-corrected chi connectivity index (χ1v) is 9.30. The van der Waals surface area contributed by atoms with E-state index in [1.165, 1.54) is 30.9 Å². The summed E-state index contributed by atoms with van der Waals surface area (Å²) >= 11 is 0. The summed E-state index contributed by atoms with van der Waals surface area (Å²) in [5.74, 6) is -0.582. The first kappa shape index (κ1) is 20.0. The third-order valence-corrected chi connectivity index (χ3v) is 4.90. The molecular weight excluding hydrogens is 401 g/mol. The SMILES string of the molecule is O=C(Nc1cc(C(F)(F)F)ccc1N1CCN(Cc2cocn2)CC1)c1ccco1. The van der Waals surface area contributed by atoms with Gasteiger partial charge in [0.25, 0.3) is 5.91 Å². The lowest BCUT2D eigenvalue weighted by atomic mass is 10.1. The molecule has 158 valence electrons. The lowest BCUT2D eigenvalue weighted by molar-refractivity contribution is -0.137. The minimum Gasteiger partial charge on any atom is -0.459 e. The number of oxazole rings is 1. The molecule has 0 aliphatic carbocycles. The number of benzene rings is 1. The van der Waals surface area contributed by atoms with E-state index in [9.17, 15) is 18.0 Å². The summed E-state index contributed by atoms with van der Waals surface area (Å²) in [6, 6.07) is 6.37. The van der Waals surface area contributed by atoms with Crippen LogP contribution in [0.4, 0.5) is 24.5 Å². The van der Waals surface area contributed by atoms with Gasteiger partial charge in [0.1, 0.15) is 6.26 Å². The zero-order valence-corrected chi connectivity index (χ0v) is 15.9. The van der Waals surface area contributed by atoms with E-state index in [1.807, 2.05) is 4.90 Å². The van der Waals surface area contributed by atoms with Crippen LogP contribution in [0.3, 0.4) is 0 Å². The topological polar surface area (TPSA) is 74.8 Å². The molecular formula is C20H19F3N4O3. The Kier molecular flexibility index (Phi) is 5.49. The standard InChI is InChI=1S/C20H19F3N4O3/c21-20(22,23)14-3-4-17(16(10-14)25-19(28)18-2-1-9-30-18)27-7-5-26(6-8-27)11-15-12-29-13-24-15/h1-4,9-10,12-13H,5-8,11H2,(H,25,28). The monoisotopic (exact) mass is 420 g/mol. The Hall–Kier alpha value is -3.27. The summed E-state index contributed by atoms with van der Waals surface area (Å²) in [5, 5.41) is 2.56. The van der Waals surface area contributed by atoms with Gasteiger partial charge in [-0.05, 0) is 30.3 Å². The van der Waals surface area contributed by atoms with Gasteiger partial charge in [0.05, 0.1) is 28.9 Å². The lowest BCUT2D eigenvalue weighted by Crippen LogP contribution is -2.46. The van der Waals surface area contributed by atoms with Crippen molar-refractivity contribution in [1.82, 2.24) is 9.88 Å². The molecule has 1 aliphatic rings. The van der Waals surface area contributed by atoms with E-state index in [1.54, 1.807) is 6.26 Å². The number of anilines is 2. The second kappa shape index (κ2) is 8.23. The molecule has 2 aromatic heterocycles. The Morgan fingerprint density at radius 1 is 1.17 bits per heavy atom. The molecule has 1 N–H and O–H groups in total. The average Bonchev–Trinajstić information content (AvgIpc) is 3.42. The summed E-state index contributed by atoms with van der Waals surface area (Å²) in [7, 11) is 0. The molecule has 0 unspecified atom stereocenters.